The van der Waals surface area contributed by atoms with Crippen LogP contribution in [0.1, 0.15) is 41.3 Å². The molecule has 1 heterocycles. The molecule has 1 unspecified atom stereocenters. The van der Waals surface area contributed by atoms with Crippen molar-refractivity contribution in [2.75, 3.05) is 6.54 Å². The summed E-state index contributed by atoms with van der Waals surface area (Å²) < 4.78 is 0. The summed E-state index contributed by atoms with van der Waals surface area (Å²) in [6, 6.07) is 5.16. The van der Waals surface area contributed by atoms with Crippen LogP contribution in [0, 0.1) is 0 Å². The lowest BCUT2D eigenvalue weighted by molar-refractivity contribution is -0.132. The molecule has 5 heteroatoms. The van der Waals surface area contributed by atoms with Crippen molar-refractivity contribution in [2.45, 2.75) is 38.8 Å². The molecule has 1 atom stereocenters. The minimum Gasteiger partial charge on any atom is -0.478 e. The van der Waals surface area contributed by atoms with Gasteiger partial charge in [-0.15, -0.1) is 0 Å². The number of benzene rings is 1. The number of carboxylic acid groups (broad SMARTS) is 1. The summed E-state index contributed by atoms with van der Waals surface area (Å²) in [6.45, 7) is 3.07. The maximum Gasteiger partial charge on any atom is 0.335 e. The zero-order valence-electron chi connectivity index (χ0n) is 11.6. The van der Waals surface area contributed by atoms with Crippen LogP contribution in [0.15, 0.2) is 18.2 Å². The van der Waals surface area contributed by atoms with Crippen LogP contribution in [0.25, 0.3) is 0 Å². The van der Waals surface area contributed by atoms with Crippen LogP contribution in [0.5, 0.6) is 0 Å². The van der Waals surface area contributed by atoms with Crippen LogP contribution in [0.2, 0.25) is 0 Å². The lowest BCUT2D eigenvalue weighted by atomic mass is 9.97. The van der Waals surface area contributed by atoms with Gasteiger partial charge < -0.3 is 15.7 Å². The second kappa shape index (κ2) is 6.05. The van der Waals surface area contributed by atoms with E-state index in [9.17, 15) is 9.59 Å². The number of carbonyl (C=O) groups is 2. The maximum absolute atomic E-state index is 12.1. The number of hydrogen-bond donors (Lipinski definition) is 2. The van der Waals surface area contributed by atoms with Crippen LogP contribution in [0.3, 0.4) is 0 Å². The highest BCUT2D eigenvalue weighted by atomic mass is 16.4. The number of hydrogen-bond acceptors (Lipinski definition) is 3. The molecule has 2 rings (SSSR count). The normalized spacial score (nSPS) is 15.6. The third-order valence-corrected chi connectivity index (χ3v) is 3.63. The van der Waals surface area contributed by atoms with Gasteiger partial charge in [0.1, 0.15) is 0 Å². The number of carboxylic acids is 1. The van der Waals surface area contributed by atoms with E-state index in [1.54, 1.807) is 17.0 Å². The first-order valence-corrected chi connectivity index (χ1v) is 6.86. The van der Waals surface area contributed by atoms with E-state index in [1.807, 2.05) is 13.0 Å². The van der Waals surface area contributed by atoms with E-state index in [0.29, 0.717) is 25.9 Å². The number of carbonyl (C=O) groups excluding carboxylic acids is 1. The third-order valence-electron chi connectivity index (χ3n) is 3.63. The molecule has 0 fully saturated rings. The highest BCUT2D eigenvalue weighted by molar-refractivity contribution is 5.88. The van der Waals surface area contributed by atoms with Gasteiger partial charge in [0.25, 0.3) is 0 Å². The quantitative estimate of drug-likeness (QED) is 0.870. The molecule has 1 aliphatic heterocycles. The van der Waals surface area contributed by atoms with Crippen LogP contribution in [-0.2, 0) is 17.8 Å². The molecule has 1 aromatic carbocycles. The van der Waals surface area contributed by atoms with E-state index in [1.165, 1.54) is 0 Å². The Hall–Kier alpha value is -1.88. The molecule has 20 heavy (non-hydrogen) atoms. The van der Waals surface area contributed by atoms with Crippen molar-refractivity contribution in [3.05, 3.63) is 34.9 Å². The number of fused-ring (bicyclic) bond motifs is 1. The van der Waals surface area contributed by atoms with Gasteiger partial charge in [0.2, 0.25) is 5.91 Å². The summed E-state index contributed by atoms with van der Waals surface area (Å²) in [4.78, 5) is 24.9. The van der Waals surface area contributed by atoms with Gasteiger partial charge in [-0.2, -0.15) is 0 Å². The van der Waals surface area contributed by atoms with Gasteiger partial charge in [0, 0.05) is 25.6 Å². The standard InChI is InChI=1S/C15H20N2O3/c1-10(16)2-5-14(18)17-7-6-11-3-4-12(15(19)20)8-13(11)9-17/h3-4,8,10H,2,5-7,9,16H2,1H3,(H,19,20). The largest absolute Gasteiger partial charge is 0.478 e. The monoisotopic (exact) mass is 276 g/mol. The first-order valence-electron chi connectivity index (χ1n) is 6.86. The van der Waals surface area contributed by atoms with Crippen LogP contribution in [-0.4, -0.2) is 34.5 Å². The highest BCUT2D eigenvalue weighted by Gasteiger charge is 2.21. The van der Waals surface area contributed by atoms with Gasteiger partial charge in [0.05, 0.1) is 5.56 Å². The summed E-state index contributed by atoms with van der Waals surface area (Å²) in [5.74, 6) is -0.845. The van der Waals surface area contributed by atoms with Crippen molar-refractivity contribution in [1.82, 2.24) is 4.90 Å². The average Bonchev–Trinajstić information content (AvgIpc) is 2.43. The second-order valence-electron chi connectivity index (χ2n) is 5.37. The van der Waals surface area contributed by atoms with Crippen molar-refractivity contribution in [1.29, 1.82) is 0 Å². The third kappa shape index (κ3) is 3.36. The zero-order valence-corrected chi connectivity index (χ0v) is 11.6. The maximum atomic E-state index is 12.1. The highest BCUT2D eigenvalue weighted by Crippen LogP contribution is 2.21. The minimum absolute atomic E-state index is 0.0228. The zero-order chi connectivity index (χ0) is 14.7. The fraction of sp³-hybridized carbons (Fsp3) is 0.467. The van der Waals surface area contributed by atoms with Gasteiger partial charge in [-0.3, -0.25) is 4.79 Å². The summed E-state index contributed by atoms with van der Waals surface area (Å²) >= 11 is 0. The average molecular weight is 276 g/mol. The predicted molar refractivity (Wildman–Crippen MR) is 75.4 cm³/mol. The van der Waals surface area contributed by atoms with Crippen molar-refractivity contribution in [3.8, 4) is 0 Å². The van der Waals surface area contributed by atoms with E-state index in [-0.39, 0.29) is 17.5 Å². The number of rotatable bonds is 4. The second-order valence-corrected chi connectivity index (χ2v) is 5.37. The molecule has 0 spiro atoms. The first kappa shape index (κ1) is 14.5. The Bertz CT molecular complexity index is 526. The lowest BCUT2D eigenvalue weighted by Crippen LogP contribution is -2.36. The Labute approximate surface area is 118 Å². The molecular weight excluding hydrogens is 256 g/mol. The minimum atomic E-state index is -0.937. The molecule has 108 valence electrons. The molecule has 1 aliphatic rings. The Morgan fingerprint density at radius 3 is 2.80 bits per heavy atom. The fourth-order valence-electron chi connectivity index (χ4n) is 2.41. The Morgan fingerprint density at radius 1 is 1.40 bits per heavy atom. The summed E-state index contributed by atoms with van der Waals surface area (Å²) in [5, 5.41) is 9.01. The Morgan fingerprint density at radius 2 is 2.15 bits per heavy atom. The topological polar surface area (TPSA) is 83.6 Å². The van der Waals surface area contributed by atoms with Crippen LogP contribution in [0.4, 0.5) is 0 Å². The first-order chi connectivity index (χ1) is 9.47. The van der Waals surface area contributed by atoms with Gasteiger partial charge in [0.15, 0.2) is 0 Å². The van der Waals surface area contributed by atoms with Gasteiger partial charge in [-0.25, -0.2) is 4.79 Å². The van der Waals surface area contributed by atoms with Gasteiger partial charge in [-0.05, 0) is 43.0 Å². The SMILES string of the molecule is CC(N)CCC(=O)N1CCc2ccc(C(=O)O)cc2C1. The summed E-state index contributed by atoms with van der Waals surface area (Å²) in [5.41, 5.74) is 8.00. The van der Waals surface area contributed by atoms with Crippen molar-refractivity contribution >= 4 is 11.9 Å². The van der Waals surface area contributed by atoms with Crippen molar-refractivity contribution < 1.29 is 14.7 Å². The molecule has 5 nitrogen and oxygen atoms in total. The fourth-order valence-corrected chi connectivity index (χ4v) is 2.41. The smallest absolute Gasteiger partial charge is 0.335 e. The number of aromatic carboxylic acids is 1. The molecule has 1 amide bonds. The van der Waals surface area contributed by atoms with Crippen molar-refractivity contribution in [3.63, 3.8) is 0 Å². The molecule has 0 bridgehead atoms. The van der Waals surface area contributed by atoms with E-state index < -0.39 is 5.97 Å². The summed E-state index contributed by atoms with van der Waals surface area (Å²) in [7, 11) is 0. The molecule has 0 aliphatic carbocycles. The number of amides is 1. The molecule has 0 radical (unpaired) electrons. The van der Waals surface area contributed by atoms with E-state index >= 15 is 0 Å². The van der Waals surface area contributed by atoms with E-state index in [2.05, 4.69) is 0 Å². The van der Waals surface area contributed by atoms with Gasteiger partial charge in [-0.1, -0.05) is 6.07 Å². The Kier molecular flexibility index (Phi) is 4.39. The van der Waals surface area contributed by atoms with Crippen LogP contribution < -0.4 is 5.73 Å². The van der Waals surface area contributed by atoms with Crippen LogP contribution >= 0.6 is 0 Å². The van der Waals surface area contributed by atoms with E-state index in [0.717, 1.165) is 17.5 Å². The molecular formula is C15H20N2O3. The van der Waals surface area contributed by atoms with Crippen molar-refractivity contribution in [2.24, 2.45) is 5.73 Å². The molecule has 0 aromatic heterocycles. The summed E-state index contributed by atoms with van der Waals surface area (Å²) in [6.07, 6.45) is 1.90. The Balaban J connectivity index is 2.07. The molecule has 1 aromatic rings. The van der Waals surface area contributed by atoms with Gasteiger partial charge >= 0.3 is 5.97 Å². The molecule has 0 saturated carbocycles. The molecule has 0 saturated heterocycles. The molecule has 3 N–H and O–H groups in total. The number of nitrogens with zero attached hydrogens (tertiary/aromatic N) is 1. The number of nitrogens with two attached hydrogens (primary N) is 1. The lowest BCUT2D eigenvalue weighted by Gasteiger charge is -2.29. The predicted octanol–water partition coefficient (Wildman–Crippen LogP) is 1.40. The van der Waals surface area contributed by atoms with E-state index in [4.69, 9.17) is 10.8 Å².